The van der Waals surface area contributed by atoms with E-state index in [2.05, 4.69) is 15.5 Å². The minimum Gasteiger partial charge on any atom is -0.392 e. The molecule has 16 heavy (non-hydrogen) atoms. The van der Waals surface area contributed by atoms with E-state index in [9.17, 15) is 5.11 Å². The molecule has 1 aromatic rings. The largest absolute Gasteiger partial charge is 0.392 e. The van der Waals surface area contributed by atoms with E-state index in [1.807, 2.05) is 6.92 Å². The minimum atomic E-state index is -0.176. The lowest BCUT2D eigenvalue weighted by molar-refractivity contribution is 0.137. The third kappa shape index (κ3) is 3.09. The van der Waals surface area contributed by atoms with E-state index < -0.39 is 0 Å². The molecule has 6 heteroatoms. The van der Waals surface area contributed by atoms with Crippen molar-refractivity contribution in [3.05, 3.63) is 0 Å². The summed E-state index contributed by atoms with van der Waals surface area (Å²) in [5.74, 6) is 0. The summed E-state index contributed by atoms with van der Waals surface area (Å²) in [7, 11) is 0. The molecule has 2 N–H and O–H groups in total. The van der Waals surface area contributed by atoms with Crippen LogP contribution in [0.3, 0.4) is 0 Å². The SMILES string of the molecule is CCNc1nnc(SC2CCCCC2O)s1. The normalized spacial score (nSPS) is 25.6. The Balaban J connectivity index is 1.91. The van der Waals surface area contributed by atoms with Crippen molar-refractivity contribution >= 4 is 28.2 Å². The molecule has 90 valence electrons. The van der Waals surface area contributed by atoms with E-state index in [-0.39, 0.29) is 6.10 Å². The lowest BCUT2D eigenvalue weighted by Crippen LogP contribution is -2.26. The maximum absolute atomic E-state index is 9.86. The van der Waals surface area contributed by atoms with Gasteiger partial charge in [0.1, 0.15) is 0 Å². The maximum atomic E-state index is 9.86. The van der Waals surface area contributed by atoms with Gasteiger partial charge in [-0.15, -0.1) is 10.2 Å². The summed E-state index contributed by atoms with van der Waals surface area (Å²) in [5, 5.41) is 22.4. The van der Waals surface area contributed by atoms with Gasteiger partial charge in [0, 0.05) is 11.8 Å². The second-order valence-electron chi connectivity index (χ2n) is 3.91. The lowest BCUT2D eigenvalue weighted by atomic mass is 9.97. The highest BCUT2D eigenvalue weighted by Crippen LogP contribution is 2.36. The fourth-order valence-corrected chi connectivity index (χ4v) is 4.09. The summed E-state index contributed by atoms with van der Waals surface area (Å²) >= 11 is 3.25. The van der Waals surface area contributed by atoms with Gasteiger partial charge in [0.2, 0.25) is 5.13 Å². The highest BCUT2D eigenvalue weighted by Gasteiger charge is 2.25. The first kappa shape index (κ1) is 12.1. The van der Waals surface area contributed by atoms with Gasteiger partial charge in [0.25, 0.3) is 0 Å². The van der Waals surface area contributed by atoms with Crippen LogP contribution in [0, 0.1) is 0 Å². The van der Waals surface area contributed by atoms with Crippen LogP contribution in [0.15, 0.2) is 4.34 Å². The van der Waals surface area contributed by atoms with Crippen LogP contribution in [-0.2, 0) is 0 Å². The third-order valence-electron chi connectivity index (χ3n) is 2.65. The molecule has 0 aromatic carbocycles. The molecule has 0 spiro atoms. The van der Waals surface area contributed by atoms with Crippen molar-refractivity contribution < 1.29 is 5.11 Å². The Morgan fingerprint density at radius 2 is 2.25 bits per heavy atom. The molecule has 1 aromatic heterocycles. The molecule has 2 atom stereocenters. The zero-order chi connectivity index (χ0) is 11.4. The van der Waals surface area contributed by atoms with Crippen molar-refractivity contribution in [1.29, 1.82) is 0 Å². The molecule has 0 saturated heterocycles. The number of thioether (sulfide) groups is 1. The smallest absolute Gasteiger partial charge is 0.206 e. The highest BCUT2D eigenvalue weighted by molar-refractivity contribution is 8.01. The van der Waals surface area contributed by atoms with Gasteiger partial charge in [-0.2, -0.15) is 0 Å². The quantitative estimate of drug-likeness (QED) is 0.869. The highest BCUT2D eigenvalue weighted by atomic mass is 32.2. The summed E-state index contributed by atoms with van der Waals surface area (Å²) in [6, 6.07) is 0. The zero-order valence-corrected chi connectivity index (χ0v) is 11.0. The Hall–Kier alpha value is -0.330. The molecule has 2 unspecified atom stereocenters. The first-order chi connectivity index (χ1) is 7.79. The van der Waals surface area contributed by atoms with Crippen LogP contribution >= 0.6 is 23.1 Å². The molecule has 0 aliphatic heterocycles. The molecule has 4 nitrogen and oxygen atoms in total. The predicted octanol–water partition coefficient (Wildman–Crippen LogP) is 2.37. The summed E-state index contributed by atoms with van der Waals surface area (Å²) in [6.45, 7) is 2.91. The summed E-state index contributed by atoms with van der Waals surface area (Å²) in [6.07, 6.45) is 4.20. The van der Waals surface area contributed by atoms with Crippen molar-refractivity contribution in [2.24, 2.45) is 0 Å². The molecular formula is C10H17N3OS2. The first-order valence-corrected chi connectivity index (χ1v) is 7.41. The van der Waals surface area contributed by atoms with Crippen molar-refractivity contribution in [2.75, 3.05) is 11.9 Å². The van der Waals surface area contributed by atoms with Gasteiger partial charge in [0.05, 0.1) is 6.10 Å². The Kier molecular flexibility index (Phi) is 4.43. The van der Waals surface area contributed by atoms with E-state index >= 15 is 0 Å². The van der Waals surface area contributed by atoms with E-state index in [4.69, 9.17) is 0 Å². The zero-order valence-electron chi connectivity index (χ0n) is 9.35. The lowest BCUT2D eigenvalue weighted by Gasteiger charge is -2.25. The van der Waals surface area contributed by atoms with Crippen LogP contribution in [0.2, 0.25) is 0 Å². The Labute approximate surface area is 104 Å². The molecule has 1 saturated carbocycles. The fourth-order valence-electron chi connectivity index (χ4n) is 1.82. The van der Waals surface area contributed by atoms with Crippen molar-refractivity contribution in [2.45, 2.75) is 48.3 Å². The van der Waals surface area contributed by atoms with Crippen LogP contribution in [0.1, 0.15) is 32.6 Å². The van der Waals surface area contributed by atoms with Crippen LogP contribution in [0.4, 0.5) is 5.13 Å². The number of aromatic nitrogens is 2. The van der Waals surface area contributed by atoms with Gasteiger partial charge in [-0.05, 0) is 19.8 Å². The van der Waals surface area contributed by atoms with Crippen LogP contribution in [0.25, 0.3) is 0 Å². The van der Waals surface area contributed by atoms with Crippen molar-refractivity contribution in [3.8, 4) is 0 Å². The molecule has 1 heterocycles. The first-order valence-electron chi connectivity index (χ1n) is 5.71. The van der Waals surface area contributed by atoms with Crippen molar-refractivity contribution in [3.63, 3.8) is 0 Å². The molecule has 1 fully saturated rings. The molecule has 0 radical (unpaired) electrons. The van der Waals surface area contributed by atoms with Crippen LogP contribution < -0.4 is 5.32 Å². The molecule has 2 rings (SSSR count). The monoisotopic (exact) mass is 259 g/mol. The van der Waals surface area contributed by atoms with Gasteiger partial charge < -0.3 is 10.4 Å². The van der Waals surface area contributed by atoms with Crippen LogP contribution in [-0.4, -0.2) is 33.2 Å². The van der Waals surface area contributed by atoms with Gasteiger partial charge >= 0.3 is 0 Å². The molecule has 1 aliphatic rings. The second-order valence-corrected chi connectivity index (χ2v) is 6.38. The van der Waals surface area contributed by atoms with Gasteiger partial charge in [-0.1, -0.05) is 35.9 Å². The molecule has 1 aliphatic carbocycles. The minimum absolute atomic E-state index is 0.176. The predicted molar refractivity (Wildman–Crippen MR) is 68.2 cm³/mol. The van der Waals surface area contributed by atoms with E-state index in [1.165, 1.54) is 6.42 Å². The average Bonchev–Trinajstić information content (AvgIpc) is 2.70. The number of rotatable bonds is 4. The topological polar surface area (TPSA) is 58.0 Å². The Morgan fingerprint density at radius 3 is 3.00 bits per heavy atom. The number of hydrogen-bond donors (Lipinski definition) is 2. The Bertz CT molecular complexity index is 332. The maximum Gasteiger partial charge on any atom is 0.206 e. The summed E-state index contributed by atoms with van der Waals surface area (Å²) in [5.41, 5.74) is 0. The van der Waals surface area contributed by atoms with Gasteiger partial charge in [-0.3, -0.25) is 0 Å². The number of anilines is 1. The van der Waals surface area contributed by atoms with Crippen LogP contribution in [0.5, 0.6) is 0 Å². The number of aliphatic hydroxyl groups is 1. The van der Waals surface area contributed by atoms with E-state index in [0.717, 1.165) is 35.3 Å². The van der Waals surface area contributed by atoms with Gasteiger partial charge in [-0.25, -0.2) is 0 Å². The molecule has 0 bridgehead atoms. The second kappa shape index (κ2) is 5.84. The third-order valence-corrected chi connectivity index (χ3v) is 5.00. The van der Waals surface area contributed by atoms with E-state index in [0.29, 0.717) is 5.25 Å². The fraction of sp³-hybridized carbons (Fsp3) is 0.800. The van der Waals surface area contributed by atoms with Crippen molar-refractivity contribution in [1.82, 2.24) is 10.2 Å². The summed E-state index contributed by atoms with van der Waals surface area (Å²) in [4.78, 5) is 0. The number of hydrogen-bond acceptors (Lipinski definition) is 6. The number of nitrogens with one attached hydrogen (secondary N) is 1. The Morgan fingerprint density at radius 1 is 1.44 bits per heavy atom. The molecular weight excluding hydrogens is 242 g/mol. The van der Waals surface area contributed by atoms with Gasteiger partial charge in [0.15, 0.2) is 4.34 Å². The van der Waals surface area contributed by atoms with E-state index in [1.54, 1.807) is 23.1 Å². The number of nitrogens with zero attached hydrogens (tertiary/aromatic N) is 2. The summed E-state index contributed by atoms with van der Waals surface area (Å²) < 4.78 is 0.960. The number of aliphatic hydroxyl groups excluding tert-OH is 1. The standard InChI is InChI=1S/C10H17N3OS2/c1-2-11-9-12-13-10(16-9)15-8-6-4-3-5-7(8)14/h7-8,14H,2-6H2,1H3,(H,11,12). The average molecular weight is 259 g/mol. The molecule has 0 amide bonds.